The topological polar surface area (TPSA) is 145 Å². The minimum Gasteiger partial charge on any atom is -0.459 e. The van der Waals surface area contributed by atoms with Crippen molar-refractivity contribution in [3.63, 3.8) is 0 Å². The van der Waals surface area contributed by atoms with Gasteiger partial charge in [-0.2, -0.15) is 0 Å². The van der Waals surface area contributed by atoms with Crippen LogP contribution < -0.4 is 21.3 Å². The van der Waals surface area contributed by atoms with Crippen LogP contribution >= 0.6 is 0 Å². The van der Waals surface area contributed by atoms with Crippen LogP contribution in [0.1, 0.15) is 205 Å². The third kappa shape index (κ3) is 12.7. The molecule has 1 aromatic rings. The number of hydrogen-bond acceptors (Lipinski definition) is 12. The molecule has 4 saturated heterocycles. The normalized spacial score (nSPS) is 26.7. The molecule has 0 amide bonds. The fourth-order valence-corrected chi connectivity index (χ4v) is 11.7. The zero-order valence-electron chi connectivity index (χ0n) is 39.5. The Balaban J connectivity index is 1.62. The van der Waals surface area contributed by atoms with Gasteiger partial charge in [-0.05, 0) is 136 Å². The predicted molar refractivity (Wildman–Crippen MR) is 231 cm³/mol. The summed E-state index contributed by atoms with van der Waals surface area (Å²) in [6.07, 6.45) is 2.19. The second kappa shape index (κ2) is 16.3. The Bertz CT molecular complexity index is 1680. The molecule has 0 aliphatic carbocycles. The molecule has 59 heavy (non-hydrogen) atoms. The summed E-state index contributed by atoms with van der Waals surface area (Å²) in [5.41, 5.74) is -1.97. The number of methoxy groups -OCH3 is 1. The van der Waals surface area contributed by atoms with Crippen LogP contribution in [0.25, 0.3) is 0 Å². The molecular formula is C47H78N4O8. The monoisotopic (exact) mass is 827 g/mol. The number of rotatable bonds is 10. The largest absolute Gasteiger partial charge is 0.459 e. The fraction of sp³-hybridized carbons (Fsp3) is 0.809. The SMILES string of the molecule is COC(OC1CC(C)(C)NC(C)(C)C1)c1cc(C(=O)OC2CC(C)(C)NC(C)(C)C2)c(C(=O)OC2CC(C)(C)NC(C)(C)C2)cc1C(=O)OC1CC(C)(C)NC(C)(C)C1. The van der Waals surface area contributed by atoms with Crippen molar-refractivity contribution in [2.45, 2.75) is 237 Å². The summed E-state index contributed by atoms with van der Waals surface area (Å²) < 4.78 is 31.9. The van der Waals surface area contributed by atoms with Crippen LogP contribution in [0.15, 0.2) is 12.1 Å². The van der Waals surface area contributed by atoms with Crippen molar-refractivity contribution in [2.24, 2.45) is 0 Å². The molecule has 5 rings (SSSR count). The predicted octanol–water partition coefficient (Wildman–Crippen LogP) is 8.06. The summed E-state index contributed by atoms with van der Waals surface area (Å²) in [4.78, 5) is 44.0. The lowest BCUT2D eigenvalue weighted by Gasteiger charge is -2.47. The Morgan fingerprint density at radius 3 is 0.983 bits per heavy atom. The lowest BCUT2D eigenvalue weighted by molar-refractivity contribution is -0.178. The Labute approximate surface area is 355 Å². The number of benzene rings is 1. The Morgan fingerprint density at radius 2 is 0.695 bits per heavy atom. The minimum atomic E-state index is -1.08. The maximum Gasteiger partial charge on any atom is 0.339 e. The highest BCUT2D eigenvalue weighted by molar-refractivity contribution is 6.06. The van der Waals surface area contributed by atoms with Crippen LogP contribution in [0.4, 0.5) is 0 Å². The molecule has 4 heterocycles. The average molecular weight is 827 g/mol. The molecule has 12 heteroatoms. The van der Waals surface area contributed by atoms with E-state index in [0.29, 0.717) is 51.4 Å². The van der Waals surface area contributed by atoms with Crippen molar-refractivity contribution >= 4 is 17.9 Å². The van der Waals surface area contributed by atoms with Crippen LogP contribution in [-0.2, 0) is 23.7 Å². The first-order valence-electron chi connectivity index (χ1n) is 21.8. The van der Waals surface area contributed by atoms with Gasteiger partial charge in [0.1, 0.15) is 18.3 Å². The molecule has 0 radical (unpaired) electrons. The van der Waals surface area contributed by atoms with Crippen LogP contribution in [0.2, 0.25) is 0 Å². The highest BCUT2D eigenvalue weighted by atomic mass is 16.7. The van der Waals surface area contributed by atoms with E-state index in [-0.39, 0.29) is 72.7 Å². The Kier molecular flexibility index (Phi) is 13.1. The van der Waals surface area contributed by atoms with E-state index in [0.717, 1.165) is 0 Å². The van der Waals surface area contributed by atoms with Crippen LogP contribution in [0.5, 0.6) is 0 Å². The summed E-state index contributed by atoms with van der Waals surface area (Å²) in [5.74, 6) is -2.01. The summed E-state index contributed by atoms with van der Waals surface area (Å²) in [6, 6.07) is 3.00. The second-order valence-corrected chi connectivity index (χ2v) is 23.6. The summed E-state index contributed by atoms with van der Waals surface area (Å²) in [7, 11) is 1.52. The van der Waals surface area contributed by atoms with Gasteiger partial charge in [0.05, 0.1) is 22.8 Å². The maximum absolute atomic E-state index is 14.7. The Morgan fingerprint density at radius 1 is 0.441 bits per heavy atom. The zero-order valence-corrected chi connectivity index (χ0v) is 39.5. The van der Waals surface area contributed by atoms with Gasteiger partial charge in [-0.15, -0.1) is 0 Å². The average Bonchev–Trinajstić information content (AvgIpc) is 2.96. The van der Waals surface area contributed by atoms with Gasteiger partial charge in [0, 0.05) is 95.5 Å². The molecule has 4 aliphatic rings. The van der Waals surface area contributed by atoms with Crippen LogP contribution in [0, 0.1) is 0 Å². The Hall–Kier alpha value is -2.61. The smallest absolute Gasteiger partial charge is 0.339 e. The van der Waals surface area contributed by atoms with Gasteiger partial charge in [-0.3, -0.25) is 0 Å². The first kappa shape index (κ1) is 47.4. The summed E-state index contributed by atoms with van der Waals surface area (Å²) in [6.45, 7) is 33.6. The number of hydrogen-bond donors (Lipinski definition) is 4. The highest BCUT2D eigenvalue weighted by Crippen LogP contribution is 2.39. The number of esters is 3. The van der Waals surface area contributed by atoms with Crippen molar-refractivity contribution in [3.05, 3.63) is 34.4 Å². The molecule has 0 aromatic heterocycles. The number of nitrogens with one attached hydrogen (secondary N) is 4. The molecular weight excluding hydrogens is 749 g/mol. The van der Waals surface area contributed by atoms with Gasteiger partial charge in [0.2, 0.25) is 0 Å². The molecule has 0 bridgehead atoms. The molecule has 0 saturated carbocycles. The van der Waals surface area contributed by atoms with E-state index in [1.54, 1.807) is 6.07 Å². The second-order valence-electron chi connectivity index (χ2n) is 23.6. The van der Waals surface area contributed by atoms with E-state index < -0.39 is 42.5 Å². The summed E-state index contributed by atoms with van der Waals surface area (Å²) in [5, 5.41) is 14.6. The van der Waals surface area contributed by atoms with E-state index in [1.165, 1.54) is 13.2 Å². The number of piperidine rings is 4. The maximum atomic E-state index is 14.7. The van der Waals surface area contributed by atoms with Gasteiger partial charge >= 0.3 is 17.9 Å². The molecule has 1 aromatic carbocycles. The molecule has 334 valence electrons. The molecule has 4 aliphatic heterocycles. The van der Waals surface area contributed by atoms with E-state index in [9.17, 15) is 14.4 Å². The van der Waals surface area contributed by atoms with Crippen LogP contribution in [-0.4, -0.2) is 93.7 Å². The lowest BCUT2D eigenvalue weighted by Crippen LogP contribution is -2.60. The molecule has 0 spiro atoms. The number of ether oxygens (including phenoxy) is 5. The third-order valence-corrected chi connectivity index (χ3v) is 12.1. The van der Waals surface area contributed by atoms with Gasteiger partial charge in [0.25, 0.3) is 0 Å². The van der Waals surface area contributed by atoms with E-state index in [1.807, 2.05) is 0 Å². The highest BCUT2D eigenvalue weighted by Gasteiger charge is 2.45. The standard InChI is InChI=1S/C47H78N4O8/c1-40(2)20-28(21-41(3,4)48-40)56-36(52)32-18-34(38(54)58-30-24-44(9,10)50-45(11,12)25-30)35(39(55-17)59-31-26-46(13,14)51-47(15,16)27-31)19-33(32)37(53)57-29-22-42(5,6)49-43(7,8)23-29/h18-19,28-31,39,48-51H,20-27H2,1-17H3. The van der Waals surface area contributed by atoms with E-state index in [4.69, 9.17) is 23.7 Å². The van der Waals surface area contributed by atoms with Crippen LogP contribution in [0.3, 0.4) is 0 Å². The molecule has 12 nitrogen and oxygen atoms in total. The molecule has 4 N–H and O–H groups in total. The zero-order chi connectivity index (χ0) is 44.4. The van der Waals surface area contributed by atoms with E-state index in [2.05, 4.69) is 132 Å². The number of carbonyl (C=O) groups excluding carboxylic acids is 3. The molecule has 1 unspecified atom stereocenters. The van der Waals surface area contributed by atoms with E-state index >= 15 is 0 Å². The summed E-state index contributed by atoms with van der Waals surface area (Å²) >= 11 is 0. The van der Waals surface area contributed by atoms with Gasteiger partial charge < -0.3 is 45.0 Å². The van der Waals surface area contributed by atoms with Crippen molar-refractivity contribution < 1.29 is 38.1 Å². The first-order valence-corrected chi connectivity index (χ1v) is 21.8. The minimum absolute atomic E-state index is 0.0103. The van der Waals surface area contributed by atoms with Crippen molar-refractivity contribution in [1.29, 1.82) is 0 Å². The van der Waals surface area contributed by atoms with Gasteiger partial charge in [0.15, 0.2) is 6.29 Å². The third-order valence-electron chi connectivity index (χ3n) is 12.1. The van der Waals surface area contributed by atoms with Crippen molar-refractivity contribution in [3.8, 4) is 0 Å². The lowest BCUT2D eigenvalue weighted by atomic mass is 9.80. The van der Waals surface area contributed by atoms with Gasteiger partial charge in [-0.1, -0.05) is 0 Å². The quantitative estimate of drug-likeness (QED) is 0.103. The molecule has 4 fully saturated rings. The molecule has 1 atom stereocenters. The van der Waals surface area contributed by atoms with Crippen molar-refractivity contribution in [1.82, 2.24) is 21.3 Å². The first-order chi connectivity index (χ1) is 26.7. The fourth-order valence-electron chi connectivity index (χ4n) is 11.7. The van der Waals surface area contributed by atoms with Crippen molar-refractivity contribution in [2.75, 3.05) is 7.11 Å². The van der Waals surface area contributed by atoms with Gasteiger partial charge in [-0.25, -0.2) is 14.4 Å². The number of carbonyl (C=O) groups is 3.